The molecule has 1 aliphatic carbocycles. The highest BCUT2D eigenvalue weighted by Gasteiger charge is 2.29. The number of fused-ring (bicyclic) bond motifs is 1. The van der Waals surface area contributed by atoms with Gasteiger partial charge in [-0.25, -0.2) is 4.98 Å². The van der Waals surface area contributed by atoms with Gasteiger partial charge in [0.05, 0.1) is 11.6 Å². The second-order valence-corrected chi connectivity index (χ2v) is 6.28. The molecular weight excluding hydrogens is 242 g/mol. The van der Waals surface area contributed by atoms with Crippen LogP contribution in [0, 0.1) is 0 Å². The van der Waals surface area contributed by atoms with Crippen LogP contribution in [-0.2, 0) is 17.0 Å². The summed E-state index contributed by atoms with van der Waals surface area (Å²) in [6.45, 7) is 2.12. The first kappa shape index (κ1) is 11.9. The molecule has 2 rings (SSSR count). The summed E-state index contributed by atoms with van der Waals surface area (Å²) in [6.07, 6.45) is 2.73. The van der Waals surface area contributed by atoms with Crippen molar-refractivity contribution in [3.63, 3.8) is 0 Å². The Morgan fingerprint density at radius 3 is 3.19 bits per heavy atom. The molecule has 1 aliphatic rings. The summed E-state index contributed by atoms with van der Waals surface area (Å²) >= 11 is 3.54. The van der Waals surface area contributed by atoms with Crippen LogP contribution >= 0.6 is 23.1 Å². The Morgan fingerprint density at radius 2 is 2.50 bits per heavy atom. The van der Waals surface area contributed by atoms with Crippen LogP contribution < -0.4 is 0 Å². The molecule has 0 amide bonds. The molecule has 1 unspecified atom stereocenters. The Hall–Kier alpha value is -0.550. The van der Waals surface area contributed by atoms with Gasteiger partial charge in [-0.05, 0) is 25.0 Å². The normalized spacial score (nSPS) is 19.4. The van der Waals surface area contributed by atoms with Crippen LogP contribution in [0.15, 0.2) is 0 Å². The maximum Gasteiger partial charge on any atom is 0.312 e. The van der Waals surface area contributed by atoms with E-state index in [4.69, 9.17) is 5.11 Å². The fourth-order valence-electron chi connectivity index (χ4n) is 1.96. The Labute approximate surface area is 103 Å². The van der Waals surface area contributed by atoms with E-state index in [1.807, 2.05) is 11.8 Å². The van der Waals surface area contributed by atoms with Gasteiger partial charge >= 0.3 is 5.97 Å². The van der Waals surface area contributed by atoms with Crippen LogP contribution in [-0.4, -0.2) is 21.8 Å². The zero-order valence-corrected chi connectivity index (χ0v) is 10.9. The first-order valence-corrected chi connectivity index (χ1v) is 7.48. The van der Waals surface area contributed by atoms with Crippen molar-refractivity contribution in [3.8, 4) is 0 Å². The summed E-state index contributed by atoms with van der Waals surface area (Å²) in [7, 11) is 0. The topological polar surface area (TPSA) is 50.2 Å². The van der Waals surface area contributed by atoms with Crippen LogP contribution in [0.25, 0.3) is 0 Å². The number of nitrogens with zero attached hydrogens (tertiary/aromatic N) is 1. The highest BCUT2D eigenvalue weighted by atomic mass is 32.2. The maximum atomic E-state index is 11.1. The summed E-state index contributed by atoms with van der Waals surface area (Å²) in [5.41, 5.74) is 0.843. The predicted octanol–water partition coefficient (Wildman–Crippen LogP) is 2.90. The summed E-state index contributed by atoms with van der Waals surface area (Å²) in [4.78, 5) is 16.8. The molecule has 0 radical (unpaired) electrons. The van der Waals surface area contributed by atoms with E-state index in [0.29, 0.717) is 0 Å². The van der Waals surface area contributed by atoms with Gasteiger partial charge in [-0.2, -0.15) is 11.8 Å². The van der Waals surface area contributed by atoms with E-state index in [9.17, 15) is 4.79 Å². The first-order valence-electron chi connectivity index (χ1n) is 5.51. The van der Waals surface area contributed by atoms with E-state index in [1.165, 1.54) is 4.88 Å². The molecule has 0 saturated carbocycles. The Balaban J connectivity index is 2.20. The van der Waals surface area contributed by atoms with E-state index in [-0.39, 0.29) is 5.92 Å². The van der Waals surface area contributed by atoms with Gasteiger partial charge in [-0.1, -0.05) is 6.92 Å². The molecule has 0 bridgehead atoms. The minimum atomic E-state index is -0.721. The van der Waals surface area contributed by atoms with Gasteiger partial charge in [0, 0.05) is 10.6 Å². The zero-order valence-electron chi connectivity index (χ0n) is 9.23. The van der Waals surface area contributed by atoms with Crippen LogP contribution in [0.5, 0.6) is 0 Å². The highest BCUT2D eigenvalue weighted by Crippen LogP contribution is 2.35. The number of rotatable bonds is 4. The van der Waals surface area contributed by atoms with Crippen molar-refractivity contribution >= 4 is 29.1 Å². The van der Waals surface area contributed by atoms with Gasteiger partial charge in [0.25, 0.3) is 0 Å². The second kappa shape index (κ2) is 5.19. The standard InChI is InChI=1S/C11H15NO2S2/c1-2-15-6-9-12-10-7(11(13)14)4-3-5-8(10)16-9/h7H,2-6H2,1H3,(H,13,14). The Bertz CT molecular complexity index is 389. The van der Waals surface area contributed by atoms with Gasteiger partial charge in [0.2, 0.25) is 0 Å². The minimum absolute atomic E-state index is 0.361. The van der Waals surface area contributed by atoms with Crippen molar-refractivity contribution in [2.75, 3.05) is 5.75 Å². The second-order valence-electron chi connectivity index (χ2n) is 3.84. The lowest BCUT2D eigenvalue weighted by Gasteiger charge is -2.16. The molecule has 1 N–H and O–H groups in total. The smallest absolute Gasteiger partial charge is 0.312 e. The SMILES string of the molecule is CCSCc1nc2c(s1)CCCC2C(=O)O. The quantitative estimate of drug-likeness (QED) is 0.901. The lowest BCUT2D eigenvalue weighted by atomic mass is 9.91. The lowest BCUT2D eigenvalue weighted by Crippen LogP contribution is -2.17. The third-order valence-corrected chi connectivity index (χ3v) is 4.93. The van der Waals surface area contributed by atoms with Gasteiger partial charge in [0.15, 0.2) is 0 Å². The molecule has 5 heteroatoms. The predicted molar refractivity (Wildman–Crippen MR) is 67.3 cm³/mol. The van der Waals surface area contributed by atoms with Gasteiger partial charge in [0.1, 0.15) is 5.01 Å². The van der Waals surface area contributed by atoms with Crippen LogP contribution in [0.1, 0.15) is 41.3 Å². The van der Waals surface area contributed by atoms with Crippen molar-refractivity contribution in [2.45, 2.75) is 37.9 Å². The lowest BCUT2D eigenvalue weighted by molar-refractivity contribution is -0.139. The van der Waals surface area contributed by atoms with Crippen LogP contribution in [0.3, 0.4) is 0 Å². The first-order chi connectivity index (χ1) is 7.72. The van der Waals surface area contributed by atoms with Crippen molar-refractivity contribution < 1.29 is 9.90 Å². The number of aryl methyl sites for hydroxylation is 1. The number of thioether (sulfide) groups is 1. The molecule has 0 fully saturated rings. The molecule has 0 aromatic carbocycles. The van der Waals surface area contributed by atoms with Crippen molar-refractivity contribution in [1.82, 2.24) is 4.98 Å². The maximum absolute atomic E-state index is 11.1. The molecule has 16 heavy (non-hydrogen) atoms. The largest absolute Gasteiger partial charge is 0.481 e. The molecule has 1 atom stereocenters. The Morgan fingerprint density at radius 1 is 1.69 bits per heavy atom. The molecule has 3 nitrogen and oxygen atoms in total. The van der Waals surface area contributed by atoms with Gasteiger partial charge in [-0.15, -0.1) is 11.3 Å². The number of carboxylic acids is 1. The van der Waals surface area contributed by atoms with Crippen molar-refractivity contribution in [1.29, 1.82) is 0 Å². The van der Waals surface area contributed by atoms with E-state index < -0.39 is 5.97 Å². The molecule has 88 valence electrons. The molecule has 1 aromatic rings. The van der Waals surface area contributed by atoms with E-state index in [0.717, 1.165) is 41.5 Å². The molecule has 0 aliphatic heterocycles. The average Bonchev–Trinajstić information content (AvgIpc) is 2.68. The summed E-state index contributed by atoms with van der Waals surface area (Å²) < 4.78 is 0. The number of thiazole rings is 1. The molecular formula is C11H15NO2S2. The third-order valence-electron chi connectivity index (χ3n) is 2.73. The van der Waals surface area contributed by atoms with Crippen molar-refractivity contribution in [3.05, 3.63) is 15.6 Å². The van der Waals surface area contributed by atoms with Crippen LogP contribution in [0.4, 0.5) is 0 Å². The third kappa shape index (κ3) is 2.40. The molecule has 1 aromatic heterocycles. The van der Waals surface area contributed by atoms with E-state index in [1.54, 1.807) is 11.3 Å². The average molecular weight is 257 g/mol. The number of hydrogen-bond donors (Lipinski definition) is 1. The fraction of sp³-hybridized carbons (Fsp3) is 0.636. The van der Waals surface area contributed by atoms with Gasteiger partial charge in [-0.3, -0.25) is 4.79 Å². The summed E-state index contributed by atoms with van der Waals surface area (Å²) in [5, 5.41) is 10.2. The molecule has 1 heterocycles. The minimum Gasteiger partial charge on any atom is -0.481 e. The summed E-state index contributed by atoms with van der Waals surface area (Å²) in [5.74, 6) is 0.911. The Kier molecular flexibility index (Phi) is 3.86. The monoisotopic (exact) mass is 257 g/mol. The number of aliphatic carboxylic acids is 1. The zero-order chi connectivity index (χ0) is 11.5. The molecule has 0 saturated heterocycles. The number of hydrogen-bond acceptors (Lipinski definition) is 4. The summed E-state index contributed by atoms with van der Waals surface area (Å²) in [6, 6.07) is 0. The number of carboxylic acid groups (broad SMARTS) is 1. The van der Waals surface area contributed by atoms with Gasteiger partial charge < -0.3 is 5.11 Å². The van der Waals surface area contributed by atoms with Crippen LogP contribution in [0.2, 0.25) is 0 Å². The molecule has 0 spiro atoms. The number of aromatic nitrogens is 1. The van der Waals surface area contributed by atoms with Crippen molar-refractivity contribution in [2.24, 2.45) is 0 Å². The van der Waals surface area contributed by atoms with E-state index >= 15 is 0 Å². The highest BCUT2D eigenvalue weighted by molar-refractivity contribution is 7.98. The van der Waals surface area contributed by atoms with E-state index in [2.05, 4.69) is 11.9 Å². The fourth-order valence-corrected chi connectivity index (χ4v) is 3.86. The number of carbonyl (C=O) groups is 1.